The van der Waals surface area contributed by atoms with Crippen molar-refractivity contribution in [2.24, 2.45) is 0 Å². The van der Waals surface area contributed by atoms with Crippen LogP contribution in [0, 0.1) is 0 Å². The third kappa shape index (κ3) is 3.27. The van der Waals surface area contributed by atoms with Crippen LogP contribution in [-0.2, 0) is 14.9 Å². The number of ether oxygens (including phenoxy) is 1. The topological polar surface area (TPSA) is 41.6 Å². The van der Waals surface area contributed by atoms with Gasteiger partial charge in [-0.15, -0.1) is 0 Å². The summed E-state index contributed by atoms with van der Waals surface area (Å²) in [5, 5.41) is 3.27. The van der Waals surface area contributed by atoms with Crippen LogP contribution in [0.1, 0.15) is 24.0 Å². The van der Waals surface area contributed by atoms with E-state index in [-0.39, 0.29) is 17.4 Å². The Kier molecular flexibility index (Phi) is 5.05. The van der Waals surface area contributed by atoms with E-state index in [1.807, 2.05) is 4.90 Å². The molecular weight excluding hydrogens is 324 g/mol. The van der Waals surface area contributed by atoms with Crippen LogP contribution in [0.4, 0.5) is 0 Å². The summed E-state index contributed by atoms with van der Waals surface area (Å²) in [6, 6.07) is 21.2. The molecule has 2 heterocycles. The summed E-state index contributed by atoms with van der Waals surface area (Å²) in [4.78, 5) is 15.1. The molecular formula is C22H26N2O2. The summed E-state index contributed by atoms with van der Waals surface area (Å²) in [6.07, 6.45) is 1.69. The molecule has 1 atom stereocenters. The average Bonchev–Trinajstić information content (AvgIpc) is 2.75. The van der Waals surface area contributed by atoms with E-state index in [1.165, 1.54) is 11.1 Å². The Morgan fingerprint density at radius 2 is 1.69 bits per heavy atom. The Labute approximate surface area is 155 Å². The van der Waals surface area contributed by atoms with Crippen LogP contribution in [0.15, 0.2) is 60.7 Å². The fourth-order valence-corrected chi connectivity index (χ4v) is 4.32. The molecule has 0 spiro atoms. The first-order valence-electron chi connectivity index (χ1n) is 9.52. The van der Waals surface area contributed by atoms with E-state index in [0.717, 1.165) is 25.9 Å². The Hall–Kier alpha value is -2.17. The maximum atomic E-state index is 13.1. The first-order valence-corrected chi connectivity index (χ1v) is 9.52. The number of piperidine rings is 1. The van der Waals surface area contributed by atoms with Crippen molar-refractivity contribution < 1.29 is 9.53 Å². The van der Waals surface area contributed by atoms with Crippen molar-refractivity contribution in [3.05, 3.63) is 71.8 Å². The van der Waals surface area contributed by atoms with E-state index < -0.39 is 0 Å². The van der Waals surface area contributed by atoms with Crippen LogP contribution >= 0.6 is 0 Å². The minimum atomic E-state index is -0.355. The number of likely N-dealkylation sites (tertiary alicyclic amines) is 1. The molecule has 2 fully saturated rings. The van der Waals surface area contributed by atoms with Crippen LogP contribution in [0.3, 0.4) is 0 Å². The quantitative estimate of drug-likeness (QED) is 0.925. The normalized spacial score (nSPS) is 22.8. The molecule has 4 rings (SSSR count). The molecule has 0 saturated carbocycles. The molecule has 0 unspecified atom stereocenters. The first-order chi connectivity index (χ1) is 12.8. The lowest BCUT2D eigenvalue weighted by atomic mass is 9.69. The molecule has 1 N–H and O–H groups in total. The van der Waals surface area contributed by atoms with Gasteiger partial charge in [-0.2, -0.15) is 0 Å². The monoisotopic (exact) mass is 350 g/mol. The van der Waals surface area contributed by atoms with Gasteiger partial charge in [0.1, 0.15) is 6.10 Å². The van der Waals surface area contributed by atoms with Crippen LogP contribution in [0.5, 0.6) is 0 Å². The molecule has 2 saturated heterocycles. The smallest absolute Gasteiger partial charge is 0.253 e. The maximum Gasteiger partial charge on any atom is 0.253 e. The molecule has 2 aromatic rings. The zero-order chi connectivity index (χ0) is 17.8. The van der Waals surface area contributed by atoms with E-state index >= 15 is 0 Å². The first kappa shape index (κ1) is 17.3. The summed E-state index contributed by atoms with van der Waals surface area (Å²) in [5.41, 5.74) is 2.41. The number of nitrogens with zero attached hydrogens (tertiary/aromatic N) is 1. The van der Waals surface area contributed by atoms with Crippen LogP contribution in [-0.4, -0.2) is 49.7 Å². The molecule has 1 amide bonds. The Morgan fingerprint density at radius 3 is 2.27 bits per heavy atom. The van der Waals surface area contributed by atoms with E-state index in [9.17, 15) is 4.79 Å². The van der Waals surface area contributed by atoms with Crippen molar-refractivity contribution in [3.63, 3.8) is 0 Å². The standard InChI is InChI=1S/C22H26N2O2/c25-21(20-16-23-13-15-26-20)24-14-7-12-22(17-24,18-8-3-1-4-9-18)19-10-5-2-6-11-19/h1-6,8-11,20,23H,7,12-17H2/t20-/m1/s1. The Balaban J connectivity index is 1.67. The summed E-state index contributed by atoms with van der Waals surface area (Å²) in [7, 11) is 0. The third-order valence-electron chi connectivity index (χ3n) is 5.66. The average molecular weight is 350 g/mol. The van der Waals surface area contributed by atoms with Crippen LogP contribution in [0.2, 0.25) is 0 Å². The fourth-order valence-electron chi connectivity index (χ4n) is 4.32. The number of amides is 1. The lowest BCUT2D eigenvalue weighted by Crippen LogP contribution is -2.55. The molecule has 0 aliphatic carbocycles. The second-order valence-electron chi connectivity index (χ2n) is 7.24. The molecule has 2 aliphatic rings. The van der Waals surface area contributed by atoms with E-state index in [2.05, 4.69) is 66.0 Å². The van der Waals surface area contributed by atoms with E-state index in [1.54, 1.807) is 0 Å². The van der Waals surface area contributed by atoms with Crippen molar-refractivity contribution in [1.29, 1.82) is 0 Å². The lowest BCUT2D eigenvalue weighted by molar-refractivity contribution is -0.147. The SMILES string of the molecule is O=C([C@H]1CNCCO1)N1CCCC(c2ccccc2)(c2ccccc2)C1. The van der Waals surface area contributed by atoms with Crippen molar-refractivity contribution >= 4 is 5.91 Å². The molecule has 136 valence electrons. The number of hydrogen-bond acceptors (Lipinski definition) is 3. The number of morpholine rings is 1. The summed E-state index contributed by atoms with van der Waals surface area (Å²) < 4.78 is 5.72. The molecule has 4 heteroatoms. The number of benzene rings is 2. The van der Waals surface area contributed by atoms with E-state index in [0.29, 0.717) is 19.7 Å². The van der Waals surface area contributed by atoms with Crippen LogP contribution in [0.25, 0.3) is 0 Å². The highest BCUT2D eigenvalue weighted by atomic mass is 16.5. The number of carbonyl (C=O) groups excluding carboxylic acids is 1. The second kappa shape index (κ2) is 7.60. The van der Waals surface area contributed by atoms with Gasteiger partial charge in [0, 0.05) is 31.6 Å². The zero-order valence-corrected chi connectivity index (χ0v) is 15.1. The maximum absolute atomic E-state index is 13.1. The third-order valence-corrected chi connectivity index (χ3v) is 5.66. The van der Waals surface area contributed by atoms with Gasteiger partial charge in [0.15, 0.2) is 0 Å². The number of hydrogen-bond donors (Lipinski definition) is 1. The minimum absolute atomic E-state index is 0.119. The molecule has 26 heavy (non-hydrogen) atoms. The largest absolute Gasteiger partial charge is 0.366 e. The van der Waals surface area contributed by atoms with Crippen LogP contribution < -0.4 is 5.32 Å². The molecule has 2 aromatic carbocycles. The number of carbonyl (C=O) groups is 1. The predicted molar refractivity (Wildman–Crippen MR) is 102 cm³/mol. The highest BCUT2D eigenvalue weighted by Gasteiger charge is 2.41. The van der Waals surface area contributed by atoms with Crippen molar-refractivity contribution in [2.45, 2.75) is 24.4 Å². The number of nitrogens with one attached hydrogen (secondary N) is 1. The van der Waals surface area contributed by atoms with Crippen molar-refractivity contribution in [1.82, 2.24) is 10.2 Å². The van der Waals surface area contributed by atoms with Gasteiger partial charge in [-0.3, -0.25) is 4.79 Å². The van der Waals surface area contributed by atoms with Gasteiger partial charge in [-0.05, 0) is 24.0 Å². The van der Waals surface area contributed by atoms with Crippen molar-refractivity contribution in [3.8, 4) is 0 Å². The predicted octanol–water partition coefficient (Wildman–Crippen LogP) is 2.58. The minimum Gasteiger partial charge on any atom is -0.366 e. The molecule has 0 aromatic heterocycles. The number of rotatable bonds is 3. The lowest BCUT2D eigenvalue weighted by Gasteiger charge is -2.45. The highest BCUT2D eigenvalue weighted by molar-refractivity contribution is 5.81. The van der Waals surface area contributed by atoms with Gasteiger partial charge in [0.2, 0.25) is 0 Å². The van der Waals surface area contributed by atoms with Gasteiger partial charge < -0.3 is 15.0 Å². The van der Waals surface area contributed by atoms with Gasteiger partial charge in [0.05, 0.1) is 6.61 Å². The molecule has 0 bridgehead atoms. The fraction of sp³-hybridized carbons (Fsp3) is 0.409. The van der Waals surface area contributed by atoms with Gasteiger partial charge in [0.25, 0.3) is 5.91 Å². The molecule has 2 aliphatic heterocycles. The Bertz CT molecular complexity index is 687. The molecule has 0 radical (unpaired) electrons. The summed E-state index contributed by atoms with van der Waals surface area (Å²) in [5.74, 6) is 0.119. The second-order valence-corrected chi connectivity index (χ2v) is 7.24. The summed E-state index contributed by atoms with van der Waals surface area (Å²) >= 11 is 0. The van der Waals surface area contributed by atoms with Gasteiger partial charge in [-0.25, -0.2) is 0 Å². The van der Waals surface area contributed by atoms with Gasteiger partial charge in [-0.1, -0.05) is 60.7 Å². The Morgan fingerprint density at radius 1 is 1.04 bits per heavy atom. The van der Waals surface area contributed by atoms with Gasteiger partial charge >= 0.3 is 0 Å². The summed E-state index contributed by atoms with van der Waals surface area (Å²) in [6.45, 7) is 3.55. The highest BCUT2D eigenvalue weighted by Crippen LogP contribution is 2.40. The van der Waals surface area contributed by atoms with Crippen molar-refractivity contribution in [2.75, 3.05) is 32.8 Å². The zero-order valence-electron chi connectivity index (χ0n) is 15.1. The molecule has 4 nitrogen and oxygen atoms in total. The van der Waals surface area contributed by atoms with E-state index in [4.69, 9.17) is 4.74 Å².